The predicted molar refractivity (Wildman–Crippen MR) is 61.5 cm³/mol. The van der Waals surface area contributed by atoms with E-state index in [1.165, 1.54) is 11.1 Å². The van der Waals surface area contributed by atoms with Crippen molar-refractivity contribution in [3.05, 3.63) is 22.8 Å². The smallest absolute Gasteiger partial charge is 0.125 e. The molecule has 0 saturated carbocycles. The molecule has 0 atom stereocenters. The molecular weight excluding hydrogens is 198 g/mol. The molecular formula is C11H16ClNO. The standard InChI is InChI=1S/C11H16ClNO/c1-7-5-10(13-6-12)8(2)9(3)11(7)14-4/h5,13H,6H2,1-4H3. The summed E-state index contributed by atoms with van der Waals surface area (Å²) in [4.78, 5) is 0. The van der Waals surface area contributed by atoms with Crippen LogP contribution in [0.2, 0.25) is 0 Å². The Labute approximate surface area is 90.2 Å². The van der Waals surface area contributed by atoms with Crippen LogP contribution in [-0.4, -0.2) is 13.1 Å². The maximum Gasteiger partial charge on any atom is 0.125 e. The van der Waals surface area contributed by atoms with Crippen LogP contribution in [-0.2, 0) is 0 Å². The van der Waals surface area contributed by atoms with Crippen molar-refractivity contribution in [3.8, 4) is 5.75 Å². The highest BCUT2D eigenvalue weighted by molar-refractivity contribution is 6.18. The van der Waals surface area contributed by atoms with Gasteiger partial charge < -0.3 is 10.1 Å². The zero-order chi connectivity index (χ0) is 10.7. The highest BCUT2D eigenvalue weighted by atomic mass is 35.5. The predicted octanol–water partition coefficient (Wildman–Crippen LogP) is 3.23. The third-order valence-electron chi connectivity index (χ3n) is 2.49. The summed E-state index contributed by atoms with van der Waals surface area (Å²) < 4.78 is 5.33. The van der Waals surface area contributed by atoms with Crippen molar-refractivity contribution in [1.82, 2.24) is 0 Å². The lowest BCUT2D eigenvalue weighted by molar-refractivity contribution is 0.408. The number of hydrogen-bond donors (Lipinski definition) is 1. The third kappa shape index (κ3) is 1.95. The Bertz CT molecular complexity index is 337. The molecule has 1 aromatic carbocycles. The monoisotopic (exact) mass is 213 g/mol. The van der Waals surface area contributed by atoms with Crippen LogP contribution in [0.5, 0.6) is 5.75 Å². The van der Waals surface area contributed by atoms with E-state index in [-0.39, 0.29) is 0 Å². The van der Waals surface area contributed by atoms with Gasteiger partial charge in [0.25, 0.3) is 0 Å². The lowest BCUT2D eigenvalue weighted by Gasteiger charge is -2.15. The van der Waals surface area contributed by atoms with Crippen LogP contribution in [0.4, 0.5) is 5.69 Å². The van der Waals surface area contributed by atoms with Crippen molar-refractivity contribution >= 4 is 17.3 Å². The number of methoxy groups -OCH3 is 1. The Morgan fingerprint density at radius 2 is 1.93 bits per heavy atom. The summed E-state index contributed by atoms with van der Waals surface area (Å²) in [6.45, 7) is 6.15. The first kappa shape index (κ1) is 11.2. The van der Waals surface area contributed by atoms with E-state index in [9.17, 15) is 0 Å². The summed E-state index contributed by atoms with van der Waals surface area (Å²) >= 11 is 5.64. The third-order valence-corrected chi connectivity index (χ3v) is 2.62. The molecule has 1 aromatic rings. The van der Waals surface area contributed by atoms with Gasteiger partial charge in [-0.15, -0.1) is 11.6 Å². The minimum atomic E-state index is 0.423. The minimum Gasteiger partial charge on any atom is -0.496 e. The Morgan fingerprint density at radius 3 is 2.43 bits per heavy atom. The topological polar surface area (TPSA) is 21.3 Å². The second kappa shape index (κ2) is 4.56. The second-order valence-electron chi connectivity index (χ2n) is 3.33. The highest BCUT2D eigenvalue weighted by Gasteiger charge is 2.09. The van der Waals surface area contributed by atoms with Crippen molar-refractivity contribution < 1.29 is 4.74 Å². The fraction of sp³-hybridized carbons (Fsp3) is 0.455. The molecule has 0 radical (unpaired) electrons. The van der Waals surface area contributed by atoms with Gasteiger partial charge in [-0.1, -0.05) is 0 Å². The second-order valence-corrected chi connectivity index (χ2v) is 3.60. The van der Waals surface area contributed by atoms with Crippen molar-refractivity contribution in [2.75, 3.05) is 18.4 Å². The van der Waals surface area contributed by atoms with Gasteiger partial charge in [0.05, 0.1) is 13.1 Å². The van der Waals surface area contributed by atoms with E-state index >= 15 is 0 Å². The highest BCUT2D eigenvalue weighted by Crippen LogP contribution is 2.31. The molecule has 0 aliphatic rings. The van der Waals surface area contributed by atoms with E-state index in [0.29, 0.717) is 6.00 Å². The van der Waals surface area contributed by atoms with Gasteiger partial charge in [-0.3, -0.25) is 0 Å². The van der Waals surface area contributed by atoms with Gasteiger partial charge in [-0.05, 0) is 43.5 Å². The molecule has 0 spiro atoms. The molecule has 14 heavy (non-hydrogen) atoms. The van der Waals surface area contributed by atoms with Gasteiger partial charge >= 0.3 is 0 Å². The molecule has 0 aliphatic carbocycles. The fourth-order valence-corrected chi connectivity index (χ4v) is 1.77. The van der Waals surface area contributed by atoms with Gasteiger partial charge in [0.15, 0.2) is 0 Å². The SMILES string of the molecule is COc1c(C)cc(NCCl)c(C)c1C. The summed E-state index contributed by atoms with van der Waals surface area (Å²) in [6.07, 6.45) is 0. The number of nitrogens with one attached hydrogen (secondary N) is 1. The number of benzene rings is 1. The van der Waals surface area contributed by atoms with Crippen LogP contribution in [0.3, 0.4) is 0 Å². The molecule has 0 bridgehead atoms. The van der Waals surface area contributed by atoms with Crippen LogP contribution in [0.25, 0.3) is 0 Å². The fourth-order valence-electron chi connectivity index (χ4n) is 1.63. The Balaban J connectivity index is 3.25. The van der Waals surface area contributed by atoms with E-state index < -0.39 is 0 Å². The Kier molecular flexibility index (Phi) is 3.64. The van der Waals surface area contributed by atoms with Gasteiger partial charge in [0.1, 0.15) is 5.75 Å². The summed E-state index contributed by atoms with van der Waals surface area (Å²) in [5, 5.41) is 3.12. The molecule has 0 unspecified atom stereocenters. The molecule has 0 amide bonds. The number of rotatable bonds is 3. The summed E-state index contributed by atoms with van der Waals surface area (Å²) in [7, 11) is 1.70. The zero-order valence-corrected chi connectivity index (χ0v) is 9.83. The molecule has 1 N–H and O–H groups in total. The maximum atomic E-state index is 5.64. The number of anilines is 1. The van der Waals surface area contributed by atoms with E-state index in [1.54, 1.807) is 7.11 Å². The number of alkyl halides is 1. The van der Waals surface area contributed by atoms with Crippen LogP contribution < -0.4 is 10.1 Å². The van der Waals surface area contributed by atoms with Gasteiger partial charge in [0.2, 0.25) is 0 Å². The number of hydrogen-bond acceptors (Lipinski definition) is 2. The van der Waals surface area contributed by atoms with Crippen molar-refractivity contribution in [1.29, 1.82) is 0 Å². The zero-order valence-electron chi connectivity index (χ0n) is 9.07. The first-order valence-electron chi connectivity index (χ1n) is 4.56. The lowest BCUT2D eigenvalue weighted by atomic mass is 10.0. The maximum absolute atomic E-state index is 5.64. The summed E-state index contributed by atoms with van der Waals surface area (Å²) in [6, 6.07) is 2.48. The average Bonchev–Trinajstić information content (AvgIpc) is 2.15. The number of aryl methyl sites for hydroxylation is 1. The molecule has 0 aromatic heterocycles. The van der Waals surface area contributed by atoms with Crippen molar-refractivity contribution in [2.24, 2.45) is 0 Å². The van der Waals surface area contributed by atoms with Gasteiger partial charge in [-0.25, -0.2) is 0 Å². The van der Waals surface area contributed by atoms with Crippen LogP contribution in [0.1, 0.15) is 16.7 Å². The van der Waals surface area contributed by atoms with Crippen molar-refractivity contribution in [2.45, 2.75) is 20.8 Å². The van der Waals surface area contributed by atoms with Crippen molar-refractivity contribution in [3.63, 3.8) is 0 Å². The Morgan fingerprint density at radius 1 is 1.29 bits per heavy atom. The molecule has 78 valence electrons. The molecule has 1 rings (SSSR count). The van der Waals surface area contributed by atoms with E-state index in [0.717, 1.165) is 17.0 Å². The Hall–Kier alpha value is -0.890. The lowest BCUT2D eigenvalue weighted by Crippen LogP contribution is -2.01. The molecule has 2 nitrogen and oxygen atoms in total. The molecule has 0 aliphatic heterocycles. The molecule has 0 saturated heterocycles. The number of ether oxygens (including phenoxy) is 1. The molecule has 0 fully saturated rings. The summed E-state index contributed by atoms with van der Waals surface area (Å²) in [5.41, 5.74) is 4.56. The van der Waals surface area contributed by atoms with Gasteiger partial charge in [0, 0.05) is 5.69 Å². The van der Waals surface area contributed by atoms with Crippen LogP contribution >= 0.6 is 11.6 Å². The molecule has 3 heteroatoms. The quantitative estimate of drug-likeness (QED) is 0.615. The largest absolute Gasteiger partial charge is 0.496 e. The van der Waals surface area contributed by atoms with Crippen LogP contribution in [0.15, 0.2) is 6.07 Å². The van der Waals surface area contributed by atoms with E-state index in [2.05, 4.69) is 25.2 Å². The van der Waals surface area contributed by atoms with Gasteiger partial charge in [-0.2, -0.15) is 0 Å². The minimum absolute atomic E-state index is 0.423. The number of halogens is 1. The normalized spacial score (nSPS) is 10.1. The molecule has 0 heterocycles. The van der Waals surface area contributed by atoms with Crippen LogP contribution in [0, 0.1) is 20.8 Å². The van der Waals surface area contributed by atoms with E-state index in [4.69, 9.17) is 16.3 Å². The average molecular weight is 214 g/mol. The summed E-state index contributed by atoms with van der Waals surface area (Å²) in [5.74, 6) is 0.961. The van der Waals surface area contributed by atoms with E-state index in [1.807, 2.05) is 6.92 Å². The first-order valence-corrected chi connectivity index (χ1v) is 5.10. The first-order chi connectivity index (χ1) is 6.61.